The van der Waals surface area contributed by atoms with Gasteiger partial charge in [-0.2, -0.15) is 0 Å². The second-order valence-electron chi connectivity index (χ2n) is 5.16. The average Bonchev–Trinajstić information content (AvgIpc) is 2.52. The van der Waals surface area contributed by atoms with Crippen LogP contribution < -0.4 is 10.9 Å². The van der Waals surface area contributed by atoms with Crippen LogP contribution in [0.15, 0.2) is 53.7 Å². The summed E-state index contributed by atoms with van der Waals surface area (Å²) in [7, 11) is 0. The molecule has 1 unspecified atom stereocenters. The van der Waals surface area contributed by atoms with Gasteiger partial charge in [0.2, 0.25) is 0 Å². The van der Waals surface area contributed by atoms with E-state index in [9.17, 15) is 14.7 Å². The molecule has 0 bridgehead atoms. The second-order valence-corrected chi connectivity index (χ2v) is 5.16. The van der Waals surface area contributed by atoms with E-state index in [0.717, 1.165) is 5.56 Å². The smallest absolute Gasteiger partial charge is 0.321 e. The first-order valence-electron chi connectivity index (χ1n) is 7.10. The van der Waals surface area contributed by atoms with Gasteiger partial charge in [0.1, 0.15) is 6.04 Å². The molecule has 1 heterocycles. The Bertz CT molecular complexity index is 670. The van der Waals surface area contributed by atoms with Crippen molar-refractivity contribution in [3.8, 4) is 0 Å². The van der Waals surface area contributed by atoms with Gasteiger partial charge >= 0.3 is 5.97 Å². The van der Waals surface area contributed by atoms with Crippen molar-refractivity contribution in [2.24, 2.45) is 0 Å². The van der Waals surface area contributed by atoms with Crippen LogP contribution in [0, 0.1) is 0 Å². The summed E-state index contributed by atoms with van der Waals surface area (Å²) < 4.78 is 1.53. The molecule has 0 aliphatic carbocycles. The summed E-state index contributed by atoms with van der Waals surface area (Å²) in [5.74, 6) is -0.905. The van der Waals surface area contributed by atoms with Crippen LogP contribution in [0.4, 0.5) is 0 Å². The summed E-state index contributed by atoms with van der Waals surface area (Å²) in [4.78, 5) is 26.8. The molecule has 0 amide bonds. The lowest BCUT2D eigenvalue weighted by Gasteiger charge is -2.19. The van der Waals surface area contributed by atoms with E-state index in [1.165, 1.54) is 17.0 Å². The molecule has 116 valence electrons. The van der Waals surface area contributed by atoms with Crippen LogP contribution in [0.5, 0.6) is 0 Å². The number of nitrogens with one attached hydrogen (secondary N) is 1. The molecule has 0 saturated carbocycles. The monoisotopic (exact) mass is 301 g/mol. The molecule has 2 rings (SSSR count). The number of hydrogen-bond donors (Lipinski definition) is 2. The lowest BCUT2D eigenvalue weighted by molar-refractivity contribution is -0.139. The zero-order valence-electron chi connectivity index (χ0n) is 12.3. The molecular formula is C16H19N3O3. The topological polar surface area (TPSA) is 84.2 Å². The first-order valence-corrected chi connectivity index (χ1v) is 7.10. The Labute approximate surface area is 128 Å². The molecule has 1 aromatic carbocycles. The Balaban J connectivity index is 1.99. The van der Waals surface area contributed by atoms with Crippen molar-refractivity contribution >= 4 is 5.97 Å². The van der Waals surface area contributed by atoms with Gasteiger partial charge < -0.3 is 15.0 Å². The number of carboxylic acids is 1. The highest BCUT2D eigenvalue weighted by molar-refractivity contribution is 5.73. The molecule has 6 heteroatoms. The van der Waals surface area contributed by atoms with Crippen LogP contribution >= 0.6 is 0 Å². The summed E-state index contributed by atoms with van der Waals surface area (Å²) in [5, 5.41) is 12.3. The third kappa shape index (κ3) is 4.26. The summed E-state index contributed by atoms with van der Waals surface area (Å²) in [6.45, 7) is 2.24. The van der Waals surface area contributed by atoms with Gasteiger partial charge in [-0.05, 0) is 18.9 Å². The van der Waals surface area contributed by atoms with Gasteiger partial charge in [0.25, 0.3) is 5.56 Å². The highest BCUT2D eigenvalue weighted by Gasteiger charge is 2.18. The first kappa shape index (κ1) is 15.9. The van der Waals surface area contributed by atoms with E-state index in [0.29, 0.717) is 13.0 Å². The van der Waals surface area contributed by atoms with E-state index < -0.39 is 12.0 Å². The molecule has 0 spiro atoms. The molecule has 22 heavy (non-hydrogen) atoms. The predicted octanol–water partition coefficient (Wildman–Crippen LogP) is 1.09. The van der Waals surface area contributed by atoms with Crippen LogP contribution in [0.1, 0.15) is 18.5 Å². The standard InChI is InChI=1S/C16H19N3O3/c1-12(19-8-7-17-11-15(19)20)10-18-14(16(21)22)9-13-5-3-2-4-6-13/h2-8,11-12,14,18H,9-10H2,1H3,(H,21,22)/t12?,14-/m0/s1. The fourth-order valence-corrected chi connectivity index (χ4v) is 2.23. The fraction of sp³-hybridized carbons (Fsp3) is 0.312. The lowest BCUT2D eigenvalue weighted by atomic mass is 10.1. The number of aliphatic carboxylic acids is 1. The summed E-state index contributed by atoms with van der Waals surface area (Å²) in [6, 6.07) is 8.60. The van der Waals surface area contributed by atoms with Gasteiger partial charge in [0.15, 0.2) is 0 Å². The highest BCUT2D eigenvalue weighted by Crippen LogP contribution is 2.05. The zero-order valence-corrected chi connectivity index (χ0v) is 12.3. The van der Waals surface area contributed by atoms with Crippen molar-refractivity contribution in [3.05, 3.63) is 64.8 Å². The Morgan fingerprint density at radius 2 is 2.09 bits per heavy atom. The molecule has 2 aromatic rings. The maximum absolute atomic E-state index is 11.7. The minimum Gasteiger partial charge on any atom is -0.480 e. The largest absolute Gasteiger partial charge is 0.480 e. The molecule has 0 fully saturated rings. The lowest BCUT2D eigenvalue weighted by Crippen LogP contribution is -2.42. The molecule has 0 radical (unpaired) electrons. The molecule has 1 aromatic heterocycles. The zero-order chi connectivity index (χ0) is 15.9. The van der Waals surface area contributed by atoms with Crippen molar-refractivity contribution in [3.63, 3.8) is 0 Å². The van der Waals surface area contributed by atoms with Gasteiger partial charge in [-0.1, -0.05) is 30.3 Å². The van der Waals surface area contributed by atoms with Gasteiger partial charge in [-0.25, -0.2) is 0 Å². The quantitative estimate of drug-likeness (QED) is 0.800. The van der Waals surface area contributed by atoms with Crippen LogP contribution in [0.25, 0.3) is 0 Å². The summed E-state index contributed by atoms with van der Waals surface area (Å²) in [5.41, 5.74) is 0.753. The van der Waals surface area contributed by atoms with Gasteiger partial charge in [0, 0.05) is 25.0 Å². The van der Waals surface area contributed by atoms with E-state index in [-0.39, 0.29) is 11.6 Å². The first-order chi connectivity index (χ1) is 10.6. The number of aromatic nitrogens is 2. The van der Waals surface area contributed by atoms with E-state index in [1.807, 2.05) is 37.3 Å². The van der Waals surface area contributed by atoms with Crippen molar-refractivity contribution in [1.29, 1.82) is 0 Å². The van der Waals surface area contributed by atoms with Crippen LogP contribution in [0.3, 0.4) is 0 Å². The Hall–Kier alpha value is -2.47. The van der Waals surface area contributed by atoms with Gasteiger partial charge in [-0.3, -0.25) is 14.6 Å². The third-order valence-electron chi connectivity index (χ3n) is 3.47. The maximum Gasteiger partial charge on any atom is 0.321 e. The molecule has 0 aliphatic heterocycles. The van der Waals surface area contributed by atoms with Crippen LogP contribution in [-0.2, 0) is 11.2 Å². The van der Waals surface area contributed by atoms with Crippen LogP contribution in [-0.4, -0.2) is 33.2 Å². The van der Waals surface area contributed by atoms with Crippen LogP contribution in [0.2, 0.25) is 0 Å². The molecule has 6 nitrogen and oxygen atoms in total. The molecule has 0 saturated heterocycles. The number of benzene rings is 1. The average molecular weight is 301 g/mol. The normalized spacial score (nSPS) is 13.5. The Kier molecular flexibility index (Phi) is 5.43. The van der Waals surface area contributed by atoms with Crippen molar-refractivity contribution in [2.45, 2.75) is 25.4 Å². The minimum atomic E-state index is -0.905. The summed E-state index contributed by atoms with van der Waals surface area (Å²) in [6.07, 6.45) is 4.78. The van der Waals surface area contributed by atoms with E-state index in [1.54, 1.807) is 6.20 Å². The van der Waals surface area contributed by atoms with Crippen molar-refractivity contribution in [1.82, 2.24) is 14.9 Å². The van der Waals surface area contributed by atoms with Gasteiger partial charge in [-0.15, -0.1) is 0 Å². The molecule has 0 aliphatic rings. The van der Waals surface area contributed by atoms with E-state index in [4.69, 9.17) is 0 Å². The fourth-order valence-electron chi connectivity index (χ4n) is 2.23. The third-order valence-corrected chi connectivity index (χ3v) is 3.47. The molecule has 2 atom stereocenters. The SMILES string of the molecule is CC(CN[C@@H](Cc1ccccc1)C(=O)O)n1ccncc1=O. The minimum absolute atomic E-state index is 0.159. The van der Waals surface area contributed by atoms with E-state index in [2.05, 4.69) is 10.3 Å². The number of rotatable bonds is 7. The predicted molar refractivity (Wildman–Crippen MR) is 82.8 cm³/mol. The maximum atomic E-state index is 11.7. The molecular weight excluding hydrogens is 282 g/mol. The Morgan fingerprint density at radius 3 is 2.73 bits per heavy atom. The van der Waals surface area contributed by atoms with Gasteiger partial charge in [0.05, 0.1) is 6.20 Å². The molecule has 2 N–H and O–H groups in total. The number of nitrogens with zero attached hydrogens (tertiary/aromatic N) is 2. The number of hydrogen-bond acceptors (Lipinski definition) is 4. The second kappa shape index (κ2) is 7.51. The van der Waals surface area contributed by atoms with Crippen molar-refractivity contribution < 1.29 is 9.90 Å². The summed E-state index contributed by atoms with van der Waals surface area (Å²) >= 11 is 0. The number of carbonyl (C=O) groups is 1. The Morgan fingerprint density at radius 1 is 1.36 bits per heavy atom. The van der Waals surface area contributed by atoms with E-state index >= 15 is 0 Å². The van der Waals surface area contributed by atoms with Crippen molar-refractivity contribution in [2.75, 3.05) is 6.54 Å². The highest BCUT2D eigenvalue weighted by atomic mass is 16.4. The number of carboxylic acid groups (broad SMARTS) is 1.